The van der Waals surface area contributed by atoms with E-state index in [4.69, 9.17) is 49.4 Å². The highest BCUT2D eigenvalue weighted by Crippen LogP contribution is 2.39. The molecule has 0 aromatic heterocycles. The van der Waals surface area contributed by atoms with Gasteiger partial charge in [0.15, 0.2) is 83.2 Å². The summed E-state index contributed by atoms with van der Waals surface area (Å²) in [7, 11) is -40.2. The van der Waals surface area contributed by atoms with E-state index in [1.54, 1.807) is 0 Å². The number of carboxylic acids is 2. The lowest BCUT2D eigenvalue weighted by atomic mass is 10.00. The Labute approximate surface area is 442 Å². The van der Waals surface area contributed by atoms with Crippen LogP contribution in [-0.4, -0.2) is 141 Å². The third-order valence-electron chi connectivity index (χ3n) is 7.69. The van der Waals surface area contributed by atoms with Crippen LogP contribution in [-0.2, 0) is 59.0 Å². The van der Waals surface area contributed by atoms with Crippen molar-refractivity contribution in [2.24, 2.45) is 0 Å². The molecule has 0 aliphatic carbocycles. The average molecular weight is 1230 g/mol. The van der Waals surface area contributed by atoms with Gasteiger partial charge in [-0.2, -0.15) is 0 Å². The predicted octanol–water partition coefficient (Wildman–Crippen LogP) is 13.3. The molecule has 0 aromatic carbocycles. The van der Waals surface area contributed by atoms with E-state index < -0.39 is 131 Å². The quantitative estimate of drug-likeness (QED) is 0.0457. The summed E-state index contributed by atoms with van der Waals surface area (Å²) >= 11 is 0. The maximum absolute atomic E-state index is 13.4. The molecule has 0 aliphatic rings. The van der Waals surface area contributed by atoms with E-state index in [2.05, 4.69) is 196 Å². The van der Waals surface area contributed by atoms with Crippen LogP contribution in [0.4, 0.5) is 0 Å². The molecule has 0 amide bonds. The van der Waals surface area contributed by atoms with Gasteiger partial charge < -0.3 is 59.6 Å². The van der Waals surface area contributed by atoms with Gasteiger partial charge in [0.1, 0.15) is 0 Å². The molecule has 0 bridgehead atoms. The van der Waals surface area contributed by atoms with Crippen molar-refractivity contribution >= 4 is 131 Å². The zero-order valence-electron chi connectivity index (χ0n) is 49.9. The van der Waals surface area contributed by atoms with E-state index in [-0.39, 0.29) is 48.9 Å². The Bertz CT molecular complexity index is 1480. The van der Waals surface area contributed by atoms with Crippen molar-refractivity contribution < 1.29 is 69.2 Å². The highest BCUT2D eigenvalue weighted by Gasteiger charge is 2.64. The van der Waals surface area contributed by atoms with E-state index in [1.165, 1.54) is 0 Å². The minimum atomic E-state index is -4.03. The van der Waals surface area contributed by atoms with Gasteiger partial charge in [0.05, 0.1) is 0 Å². The van der Waals surface area contributed by atoms with Crippen molar-refractivity contribution in [1.82, 2.24) is 0 Å². The fourth-order valence-electron chi connectivity index (χ4n) is 6.92. The van der Waals surface area contributed by atoms with E-state index in [0.717, 1.165) is 0 Å². The van der Waals surface area contributed by atoms with Crippen molar-refractivity contribution in [3.63, 3.8) is 0 Å². The molecule has 0 saturated heterocycles. The number of hydrogen-bond acceptors (Lipinski definition) is 14. The van der Waals surface area contributed by atoms with Crippen molar-refractivity contribution in [3.05, 3.63) is 11.1 Å². The molecule has 0 fully saturated rings. The molecule has 0 unspecified atom stereocenters. The van der Waals surface area contributed by atoms with Crippen molar-refractivity contribution in [2.75, 3.05) is 0 Å². The van der Waals surface area contributed by atoms with Gasteiger partial charge in [-0.25, -0.2) is 9.59 Å². The van der Waals surface area contributed by atoms with Gasteiger partial charge in [0.2, 0.25) is 0 Å². The lowest BCUT2D eigenvalue weighted by Crippen LogP contribution is -2.70. The van der Waals surface area contributed by atoms with Crippen LogP contribution in [0, 0.1) is 0 Å². The molecule has 0 spiro atoms. The largest absolute Gasteiger partial charge is 0.640 e. The monoisotopic (exact) mass is 1230 g/mol. The molecule has 16 nitrogen and oxygen atoms in total. The van der Waals surface area contributed by atoms with Crippen LogP contribution >= 0.6 is 0 Å². The Hall–Kier alpha value is 1.24. The lowest BCUT2D eigenvalue weighted by molar-refractivity contribution is -0.136. The second kappa shape index (κ2) is 25.4. The molecular formula is C40H104O16Si14. The minimum absolute atomic E-state index is 0.0869. The summed E-state index contributed by atoms with van der Waals surface area (Å²) in [6.45, 7) is 62.2. The van der Waals surface area contributed by atoms with E-state index in [1.807, 2.05) is 0 Å². The Kier molecular flexibility index (Phi) is 25.8. The Balaban J connectivity index is 7.99. The average Bonchev–Trinajstić information content (AvgIpc) is 2.91. The second-order valence-corrected chi connectivity index (χ2v) is 85.8. The third-order valence-corrected chi connectivity index (χ3v) is 49.6. The Morgan fingerprint density at radius 3 is 0.557 bits per heavy atom. The first-order valence-corrected chi connectivity index (χ1v) is 66.1. The molecule has 30 heteroatoms. The molecular weight excluding hydrogens is 1130 g/mol. The first kappa shape index (κ1) is 71.2. The summed E-state index contributed by atoms with van der Waals surface area (Å²) in [5.74, 6) is -2.62. The maximum Gasteiger partial charge on any atom is 0.640 e. The standard InChI is InChI=1S/C40H104O16Si14/c1-57(2,3)45-67(46-58(4,5)6,55-69(49-61(13,14)15,50-62(16,17)18)51-63(19,20)21)35-31-33-37(39(41)42)38(40(43)44)34-32-36-68(47-59(7,8)9,48-60(10,11)12)56-70(52-64(22,23)24,53-65(25,26)27)54-66(28,29)30/h31-36H2,1-30H3,(H,41,42)(H,43,44)/b38-37+. The molecule has 0 rings (SSSR count). The van der Waals surface area contributed by atoms with Crippen LogP contribution in [0.1, 0.15) is 25.7 Å². The zero-order valence-corrected chi connectivity index (χ0v) is 63.9. The summed E-state index contributed by atoms with van der Waals surface area (Å²) in [6, 6.07) is 0.379. The molecule has 0 saturated carbocycles. The van der Waals surface area contributed by atoms with Crippen LogP contribution in [0.2, 0.25) is 208 Å². The van der Waals surface area contributed by atoms with Gasteiger partial charge in [0, 0.05) is 23.2 Å². The molecule has 0 radical (unpaired) electrons. The third kappa shape index (κ3) is 32.7. The van der Waals surface area contributed by atoms with Gasteiger partial charge >= 0.3 is 47.6 Å². The van der Waals surface area contributed by atoms with E-state index >= 15 is 0 Å². The summed E-state index contributed by atoms with van der Waals surface area (Å²) in [5, 5.41) is 21.8. The molecule has 0 aliphatic heterocycles. The first-order chi connectivity index (χ1) is 30.3. The topological polar surface area (TPSA) is 185 Å². The maximum atomic E-state index is 13.4. The summed E-state index contributed by atoms with van der Waals surface area (Å²) in [4.78, 5) is 26.7. The van der Waals surface area contributed by atoms with Gasteiger partial charge in [-0.1, -0.05) is 0 Å². The van der Waals surface area contributed by atoms with E-state index in [0.29, 0.717) is 0 Å². The first-order valence-electron chi connectivity index (χ1n) is 24.9. The number of carboxylic acid groups (broad SMARTS) is 2. The van der Waals surface area contributed by atoms with Crippen molar-refractivity contribution in [2.45, 2.75) is 234 Å². The summed E-state index contributed by atoms with van der Waals surface area (Å²) < 4.78 is 85.3. The molecule has 0 aromatic rings. The second-order valence-electron chi connectivity index (χ2n) is 28.0. The molecule has 0 atom stereocenters. The van der Waals surface area contributed by atoms with Gasteiger partial charge in [-0.3, -0.25) is 0 Å². The smallest absolute Gasteiger partial charge is 0.478 e. The molecule has 416 valence electrons. The Morgan fingerprint density at radius 2 is 0.429 bits per heavy atom. The highest BCUT2D eigenvalue weighted by atomic mass is 28.6. The SMILES string of the molecule is C[Si](C)(C)O[Si](CCC/C(C(=O)O)=C(/CCC[Si](O[Si](C)(C)C)(O[Si](C)(C)C)O[Si](O[Si](C)(C)C)(O[Si](C)(C)C)O[Si](C)(C)C)C(=O)O)(O[Si](C)(C)C)O[Si](O[Si](C)(C)C)(O[Si](C)(C)C)O[Si](C)(C)C. The van der Waals surface area contributed by atoms with Gasteiger partial charge in [-0.15, -0.1) is 0 Å². The van der Waals surface area contributed by atoms with Crippen LogP contribution in [0.15, 0.2) is 11.1 Å². The molecule has 70 heavy (non-hydrogen) atoms. The fourth-order valence-corrected chi connectivity index (χ4v) is 56.3. The fraction of sp³-hybridized carbons (Fsp3) is 0.900. The lowest BCUT2D eigenvalue weighted by Gasteiger charge is -2.47. The normalized spacial score (nSPS) is 15.6. The van der Waals surface area contributed by atoms with Crippen LogP contribution < -0.4 is 0 Å². The van der Waals surface area contributed by atoms with Crippen LogP contribution in [0.5, 0.6) is 0 Å². The van der Waals surface area contributed by atoms with Crippen LogP contribution in [0.25, 0.3) is 0 Å². The summed E-state index contributed by atoms with van der Waals surface area (Å²) in [6.07, 6.45) is 0.216. The van der Waals surface area contributed by atoms with Gasteiger partial charge in [0.25, 0.3) is 0 Å². The Morgan fingerprint density at radius 1 is 0.271 bits per heavy atom. The zero-order chi connectivity index (χ0) is 56.0. The highest BCUT2D eigenvalue weighted by molar-refractivity contribution is 6.95. The molecule has 2 N–H and O–H groups in total. The van der Waals surface area contributed by atoms with Crippen molar-refractivity contribution in [1.29, 1.82) is 0 Å². The number of carbonyl (C=O) groups is 2. The minimum Gasteiger partial charge on any atom is -0.478 e. The number of hydrogen-bond donors (Lipinski definition) is 2. The molecule has 0 heterocycles. The number of aliphatic carboxylic acids is 2. The van der Waals surface area contributed by atoms with E-state index in [9.17, 15) is 19.8 Å². The van der Waals surface area contributed by atoms with Gasteiger partial charge in [-0.05, 0) is 222 Å². The van der Waals surface area contributed by atoms with Crippen molar-refractivity contribution in [3.8, 4) is 0 Å². The predicted molar refractivity (Wildman–Crippen MR) is 320 cm³/mol. The van der Waals surface area contributed by atoms with Crippen LogP contribution in [0.3, 0.4) is 0 Å². The number of rotatable bonds is 34. The summed E-state index contributed by atoms with van der Waals surface area (Å²) in [5.41, 5.74) is -0.398.